The van der Waals surface area contributed by atoms with Crippen LogP contribution in [-0.2, 0) is 11.3 Å². The number of fused-ring (bicyclic) bond motifs is 1. The minimum Gasteiger partial charge on any atom is -0.353 e. The van der Waals surface area contributed by atoms with Crippen molar-refractivity contribution in [3.8, 4) is 0 Å². The van der Waals surface area contributed by atoms with Gasteiger partial charge in [-0.05, 0) is 68.0 Å². The molecule has 1 atom stereocenters. The quantitative estimate of drug-likeness (QED) is 0.334. The Kier molecular flexibility index (Phi) is 6.94. The number of rotatable bonds is 5. The van der Waals surface area contributed by atoms with Crippen molar-refractivity contribution >= 4 is 51.7 Å². The zero-order valence-corrected chi connectivity index (χ0v) is 21.9. The summed E-state index contributed by atoms with van der Waals surface area (Å²) in [6.07, 6.45) is 7.55. The second-order valence-electron chi connectivity index (χ2n) is 9.18. The lowest BCUT2D eigenvalue weighted by Crippen LogP contribution is -2.41. The van der Waals surface area contributed by atoms with E-state index in [0.29, 0.717) is 26.3 Å². The molecule has 3 aromatic rings. The molecule has 4 heterocycles. The van der Waals surface area contributed by atoms with Crippen LogP contribution in [0.25, 0.3) is 11.7 Å². The Labute approximate surface area is 218 Å². The van der Waals surface area contributed by atoms with Crippen molar-refractivity contribution in [3.05, 3.63) is 80.4 Å². The van der Waals surface area contributed by atoms with E-state index in [1.807, 2.05) is 19.1 Å². The van der Waals surface area contributed by atoms with Crippen molar-refractivity contribution in [2.24, 2.45) is 0 Å². The lowest BCUT2D eigenvalue weighted by Gasteiger charge is -2.37. The second kappa shape index (κ2) is 10.1. The van der Waals surface area contributed by atoms with Crippen LogP contribution in [0.3, 0.4) is 0 Å². The van der Waals surface area contributed by atoms with Crippen LogP contribution >= 0.6 is 24.0 Å². The number of thioether (sulfide) groups is 1. The number of carbonyl (C=O) groups is 1. The maximum Gasteiger partial charge on any atom is 0.267 e. The Hall–Kier alpha value is -3.04. The summed E-state index contributed by atoms with van der Waals surface area (Å²) in [4.78, 5) is 36.2. The summed E-state index contributed by atoms with van der Waals surface area (Å²) in [7, 11) is 0. The second-order valence-corrected chi connectivity index (χ2v) is 10.9. The first-order valence-electron chi connectivity index (χ1n) is 12.2. The van der Waals surface area contributed by atoms with Gasteiger partial charge in [0.05, 0.1) is 17.0 Å². The molecule has 6 nitrogen and oxygen atoms in total. The molecule has 2 saturated heterocycles. The molecular formula is C27H27FN4O2S2. The lowest BCUT2D eigenvalue weighted by atomic mass is 9.99. The third-order valence-corrected chi connectivity index (χ3v) is 8.22. The Morgan fingerprint density at radius 1 is 1.19 bits per heavy atom. The third-order valence-electron chi connectivity index (χ3n) is 6.84. The molecule has 1 unspecified atom stereocenters. The monoisotopic (exact) mass is 522 g/mol. The molecule has 2 fully saturated rings. The first kappa shape index (κ1) is 24.6. The van der Waals surface area contributed by atoms with Crippen LogP contribution < -0.4 is 10.5 Å². The van der Waals surface area contributed by atoms with Crippen LogP contribution in [0.2, 0.25) is 0 Å². The average molecular weight is 523 g/mol. The molecule has 5 rings (SSSR count). The van der Waals surface area contributed by atoms with E-state index in [-0.39, 0.29) is 29.9 Å². The highest BCUT2D eigenvalue weighted by molar-refractivity contribution is 8.26. The molecule has 2 aliphatic heterocycles. The first-order chi connectivity index (χ1) is 17.4. The molecule has 2 aliphatic rings. The SMILES string of the molecule is CCC1CCCCN1c1nc2c(C)cccn2c(=O)c1/C=C1/SC(=S)N(Cc2ccc(F)cc2)C1=O. The zero-order chi connectivity index (χ0) is 25.4. The fraction of sp³-hybridized carbons (Fsp3) is 0.333. The van der Waals surface area contributed by atoms with E-state index in [4.69, 9.17) is 17.2 Å². The van der Waals surface area contributed by atoms with Gasteiger partial charge >= 0.3 is 0 Å². The highest BCUT2D eigenvalue weighted by Gasteiger charge is 2.34. The van der Waals surface area contributed by atoms with Gasteiger partial charge in [0.1, 0.15) is 21.6 Å². The maximum absolute atomic E-state index is 13.8. The molecule has 0 radical (unpaired) electrons. The largest absolute Gasteiger partial charge is 0.353 e. The van der Waals surface area contributed by atoms with Crippen LogP contribution in [0, 0.1) is 12.7 Å². The molecule has 1 aromatic carbocycles. The van der Waals surface area contributed by atoms with Gasteiger partial charge in [-0.3, -0.25) is 18.9 Å². The molecule has 0 aliphatic carbocycles. The minimum atomic E-state index is -0.334. The van der Waals surface area contributed by atoms with Crippen LogP contribution in [-0.4, -0.2) is 37.1 Å². The number of halogens is 1. The van der Waals surface area contributed by atoms with Crippen LogP contribution in [0.4, 0.5) is 10.2 Å². The van der Waals surface area contributed by atoms with Gasteiger partial charge in [-0.2, -0.15) is 0 Å². The van der Waals surface area contributed by atoms with Gasteiger partial charge in [0.25, 0.3) is 11.5 Å². The summed E-state index contributed by atoms with van der Waals surface area (Å²) in [5.41, 5.74) is 2.51. The van der Waals surface area contributed by atoms with Gasteiger partial charge in [-0.1, -0.05) is 49.1 Å². The number of benzene rings is 1. The number of aryl methyl sites for hydroxylation is 1. The van der Waals surface area contributed by atoms with Crippen molar-refractivity contribution in [2.75, 3.05) is 11.4 Å². The van der Waals surface area contributed by atoms with Gasteiger partial charge in [-0.15, -0.1) is 0 Å². The number of aromatic nitrogens is 2. The fourth-order valence-corrected chi connectivity index (χ4v) is 6.13. The molecule has 0 saturated carbocycles. The van der Waals surface area contributed by atoms with Crippen LogP contribution in [0.15, 0.2) is 52.3 Å². The molecule has 0 N–H and O–H groups in total. The normalized spacial score (nSPS) is 19.6. The van der Waals surface area contributed by atoms with E-state index < -0.39 is 0 Å². The maximum atomic E-state index is 13.8. The van der Waals surface area contributed by atoms with Crippen molar-refractivity contribution in [3.63, 3.8) is 0 Å². The number of amides is 1. The van der Waals surface area contributed by atoms with E-state index in [0.717, 1.165) is 43.4 Å². The summed E-state index contributed by atoms with van der Waals surface area (Å²) in [5, 5.41) is 0. The molecule has 9 heteroatoms. The minimum absolute atomic E-state index is 0.206. The third kappa shape index (κ3) is 4.57. The molecule has 186 valence electrons. The predicted octanol–water partition coefficient (Wildman–Crippen LogP) is 5.31. The number of pyridine rings is 1. The van der Waals surface area contributed by atoms with Gasteiger partial charge in [0, 0.05) is 18.8 Å². The zero-order valence-electron chi connectivity index (χ0n) is 20.2. The lowest BCUT2D eigenvalue weighted by molar-refractivity contribution is -0.122. The Bertz CT molecular complexity index is 1430. The van der Waals surface area contributed by atoms with Crippen molar-refractivity contribution in [1.82, 2.24) is 14.3 Å². The highest BCUT2D eigenvalue weighted by atomic mass is 32.2. The van der Waals surface area contributed by atoms with Gasteiger partial charge < -0.3 is 4.90 Å². The van der Waals surface area contributed by atoms with Gasteiger partial charge in [0.2, 0.25) is 0 Å². The summed E-state index contributed by atoms with van der Waals surface area (Å²) in [5.74, 6) is 0.0310. The topological polar surface area (TPSA) is 57.9 Å². The van der Waals surface area contributed by atoms with Gasteiger partial charge in [0.15, 0.2) is 0 Å². The molecule has 0 bridgehead atoms. The predicted molar refractivity (Wildman–Crippen MR) is 147 cm³/mol. The van der Waals surface area contributed by atoms with E-state index in [1.165, 1.54) is 28.8 Å². The van der Waals surface area contributed by atoms with Crippen molar-refractivity contribution in [2.45, 2.75) is 52.1 Å². The fourth-order valence-electron chi connectivity index (χ4n) is 4.89. The van der Waals surface area contributed by atoms with Crippen LogP contribution in [0.5, 0.6) is 0 Å². The van der Waals surface area contributed by atoms with E-state index in [9.17, 15) is 14.0 Å². The van der Waals surface area contributed by atoms with E-state index >= 15 is 0 Å². The number of carbonyl (C=O) groups excluding carboxylic acids is 1. The number of nitrogens with zero attached hydrogens (tertiary/aromatic N) is 4. The van der Waals surface area contributed by atoms with Crippen molar-refractivity contribution < 1.29 is 9.18 Å². The summed E-state index contributed by atoms with van der Waals surface area (Å²) >= 11 is 6.68. The standard InChI is InChI=1S/C27H27FN4O2S2/c1-3-20-8-4-5-13-30(20)24-21(25(33)31-14-6-7-17(2)23(31)29-24)15-22-26(34)32(27(35)36-22)16-18-9-11-19(28)12-10-18/h6-7,9-12,14-15,20H,3-5,8,13,16H2,1-2H3/b22-15+. The van der Waals surface area contributed by atoms with E-state index in [2.05, 4.69) is 11.8 Å². The first-order valence-corrected chi connectivity index (χ1v) is 13.4. The Morgan fingerprint density at radius 2 is 1.97 bits per heavy atom. The average Bonchev–Trinajstić information content (AvgIpc) is 3.14. The van der Waals surface area contributed by atoms with Gasteiger partial charge in [-0.25, -0.2) is 9.37 Å². The Morgan fingerprint density at radius 3 is 2.72 bits per heavy atom. The number of piperidine rings is 1. The number of hydrogen-bond donors (Lipinski definition) is 0. The van der Waals surface area contributed by atoms with Crippen molar-refractivity contribution in [1.29, 1.82) is 0 Å². The summed E-state index contributed by atoms with van der Waals surface area (Å²) < 4.78 is 15.3. The van der Waals surface area contributed by atoms with Crippen LogP contribution in [0.1, 0.15) is 49.3 Å². The number of hydrogen-bond acceptors (Lipinski definition) is 6. The summed E-state index contributed by atoms with van der Waals surface area (Å²) in [6, 6.07) is 10.1. The molecular weight excluding hydrogens is 495 g/mol. The molecule has 1 amide bonds. The number of anilines is 1. The number of thiocarbonyl (C=S) groups is 1. The molecule has 36 heavy (non-hydrogen) atoms. The molecule has 2 aromatic heterocycles. The van der Waals surface area contributed by atoms with E-state index in [1.54, 1.807) is 28.8 Å². The Balaban J connectivity index is 1.59. The smallest absolute Gasteiger partial charge is 0.267 e. The highest BCUT2D eigenvalue weighted by Crippen LogP contribution is 2.35. The summed E-state index contributed by atoms with van der Waals surface area (Å²) in [6.45, 7) is 5.16. The molecule has 0 spiro atoms.